The van der Waals surface area contributed by atoms with Crippen molar-refractivity contribution in [3.63, 3.8) is 0 Å². The number of nitrogens with one attached hydrogen (secondary N) is 1. The van der Waals surface area contributed by atoms with Gasteiger partial charge < -0.3 is 10.2 Å². The third-order valence-corrected chi connectivity index (χ3v) is 2.71. The van der Waals surface area contributed by atoms with Crippen molar-refractivity contribution < 1.29 is 0 Å². The molecule has 0 spiro atoms. The average Bonchev–Trinajstić information content (AvgIpc) is 2.16. The molecule has 1 N–H and O–H groups in total. The van der Waals surface area contributed by atoms with Crippen molar-refractivity contribution in [3.05, 3.63) is 0 Å². The van der Waals surface area contributed by atoms with Crippen LogP contribution in [0.1, 0.15) is 47.5 Å². The van der Waals surface area contributed by atoms with Crippen molar-refractivity contribution in [2.45, 2.75) is 53.5 Å². The Balaban J connectivity index is 3.53. The van der Waals surface area contributed by atoms with Crippen LogP contribution >= 0.6 is 0 Å². The summed E-state index contributed by atoms with van der Waals surface area (Å²) in [7, 11) is 0. The summed E-state index contributed by atoms with van der Waals surface area (Å²) in [6.45, 7) is 16.0. The van der Waals surface area contributed by atoms with E-state index in [0.717, 1.165) is 12.5 Å². The molecule has 0 aliphatic rings. The normalized spacial score (nSPS) is 13.8. The first-order chi connectivity index (χ1) is 7.10. The van der Waals surface area contributed by atoms with Crippen LogP contribution in [0.3, 0.4) is 0 Å². The monoisotopic (exact) mass is 214 g/mol. The molecule has 0 heterocycles. The molecule has 2 nitrogen and oxygen atoms in total. The van der Waals surface area contributed by atoms with Crippen LogP contribution in [0.25, 0.3) is 0 Å². The topological polar surface area (TPSA) is 15.3 Å². The average molecular weight is 214 g/mol. The minimum absolute atomic E-state index is 0.674. The van der Waals surface area contributed by atoms with Crippen molar-refractivity contribution in [2.24, 2.45) is 5.92 Å². The van der Waals surface area contributed by atoms with Gasteiger partial charge in [-0.1, -0.05) is 34.1 Å². The predicted octanol–water partition coefficient (Wildman–Crippen LogP) is 2.74. The molecule has 0 bridgehead atoms. The fraction of sp³-hybridized carbons (Fsp3) is 1.00. The van der Waals surface area contributed by atoms with E-state index in [1.165, 1.54) is 32.5 Å². The van der Waals surface area contributed by atoms with Gasteiger partial charge in [0.25, 0.3) is 0 Å². The maximum Gasteiger partial charge on any atom is 0.0107 e. The van der Waals surface area contributed by atoms with Gasteiger partial charge in [0, 0.05) is 25.7 Å². The van der Waals surface area contributed by atoms with E-state index in [0.29, 0.717) is 6.04 Å². The van der Waals surface area contributed by atoms with Gasteiger partial charge in [-0.05, 0) is 25.8 Å². The lowest BCUT2D eigenvalue weighted by Gasteiger charge is -2.23. The Morgan fingerprint density at radius 1 is 1.13 bits per heavy atom. The molecular weight excluding hydrogens is 184 g/mol. The zero-order valence-electron chi connectivity index (χ0n) is 11.3. The molecule has 92 valence electrons. The second-order valence-corrected chi connectivity index (χ2v) is 4.93. The summed E-state index contributed by atoms with van der Waals surface area (Å²) in [5, 5.41) is 3.58. The summed E-state index contributed by atoms with van der Waals surface area (Å²) in [5.74, 6) is 0.776. The summed E-state index contributed by atoms with van der Waals surface area (Å²) in [6, 6.07) is 0.674. The third kappa shape index (κ3) is 8.88. The molecule has 0 aliphatic carbocycles. The van der Waals surface area contributed by atoms with Crippen LogP contribution in [0.2, 0.25) is 0 Å². The molecule has 0 aliphatic heterocycles. The Labute approximate surface area is 96.4 Å². The van der Waals surface area contributed by atoms with Gasteiger partial charge in [-0.15, -0.1) is 0 Å². The van der Waals surface area contributed by atoms with Crippen LogP contribution in [0.4, 0.5) is 0 Å². The van der Waals surface area contributed by atoms with Gasteiger partial charge in [-0.25, -0.2) is 0 Å². The SMILES string of the molecule is CCCC(C)NCCN(CC)CC(C)C. The highest BCUT2D eigenvalue weighted by Crippen LogP contribution is 1.98. The van der Waals surface area contributed by atoms with Gasteiger partial charge in [-0.3, -0.25) is 0 Å². The van der Waals surface area contributed by atoms with Gasteiger partial charge in [0.15, 0.2) is 0 Å². The van der Waals surface area contributed by atoms with Crippen molar-refractivity contribution in [2.75, 3.05) is 26.2 Å². The Bertz CT molecular complexity index is 134. The number of rotatable bonds is 9. The Kier molecular flexibility index (Phi) is 9.12. The standard InChI is InChI=1S/C13H30N2/c1-6-8-13(5)14-9-10-15(7-2)11-12(3)4/h12-14H,6-11H2,1-5H3. The first-order valence-corrected chi connectivity index (χ1v) is 6.55. The van der Waals surface area contributed by atoms with Gasteiger partial charge in [-0.2, -0.15) is 0 Å². The second-order valence-electron chi connectivity index (χ2n) is 4.93. The Morgan fingerprint density at radius 3 is 2.27 bits per heavy atom. The first-order valence-electron chi connectivity index (χ1n) is 6.55. The second kappa shape index (κ2) is 9.17. The highest BCUT2D eigenvalue weighted by atomic mass is 15.1. The molecule has 0 fully saturated rings. The fourth-order valence-electron chi connectivity index (χ4n) is 1.90. The van der Waals surface area contributed by atoms with Crippen LogP contribution in [-0.2, 0) is 0 Å². The smallest absolute Gasteiger partial charge is 0.0107 e. The van der Waals surface area contributed by atoms with E-state index >= 15 is 0 Å². The van der Waals surface area contributed by atoms with E-state index in [2.05, 4.69) is 44.8 Å². The van der Waals surface area contributed by atoms with Crippen LogP contribution in [0.15, 0.2) is 0 Å². The molecule has 0 rings (SSSR count). The maximum absolute atomic E-state index is 3.58. The molecule has 2 heteroatoms. The zero-order chi connectivity index (χ0) is 11.7. The van der Waals surface area contributed by atoms with E-state index in [1.54, 1.807) is 0 Å². The summed E-state index contributed by atoms with van der Waals surface area (Å²) >= 11 is 0. The molecule has 0 saturated heterocycles. The first kappa shape index (κ1) is 14.9. The number of hydrogen-bond acceptors (Lipinski definition) is 2. The summed E-state index contributed by atoms with van der Waals surface area (Å²) in [6.07, 6.45) is 2.56. The van der Waals surface area contributed by atoms with E-state index in [9.17, 15) is 0 Å². The summed E-state index contributed by atoms with van der Waals surface area (Å²) in [5.41, 5.74) is 0. The number of nitrogens with zero attached hydrogens (tertiary/aromatic N) is 1. The van der Waals surface area contributed by atoms with E-state index in [1.807, 2.05) is 0 Å². The van der Waals surface area contributed by atoms with Crippen LogP contribution in [0, 0.1) is 5.92 Å². The lowest BCUT2D eigenvalue weighted by Crippen LogP contribution is -2.37. The summed E-state index contributed by atoms with van der Waals surface area (Å²) < 4.78 is 0. The molecule has 0 aromatic heterocycles. The molecule has 0 aromatic rings. The van der Waals surface area contributed by atoms with Crippen LogP contribution < -0.4 is 5.32 Å². The number of hydrogen-bond donors (Lipinski definition) is 1. The van der Waals surface area contributed by atoms with Crippen molar-refractivity contribution in [3.8, 4) is 0 Å². The highest BCUT2D eigenvalue weighted by molar-refractivity contribution is 4.64. The van der Waals surface area contributed by atoms with Crippen LogP contribution in [0.5, 0.6) is 0 Å². The molecule has 0 amide bonds. The molecular formula is C13H30N2. The predicted molar refractivity (Wildman–Crippen MR) is 69.3 cm³/mol. The largest absolute Gasteiger partial charge is 0.313 e. The lowest BCUT2D eigenvalue weighted by atomic mass is 10.2. The molecule has 15 heavy (non-hydrogen) atoms. The Morgan fingerprint density at radius 2 is 1.80 bits per heavy atom. The van der Waals surface area contributed by atoms with Crippen molar-refractivity contribution >= 4 is 0 Å². The molecule has 1 unspecified atom stereocenters. The van der Waals surface area contributed by atoms with Gasteiger partial charge >= 0.3 is 0 Å². The minimum Gasteiger partial charge on any atom is -0.313 e. The van der Waals surface area contributed by atoms with Crippen molar-refractivity contribution in [1.82, 2.24) is 10.2 Å². The molecule has 1 atom stereocenters. The van der Waals surface area contributed by atoms with E-state index in [-0.39, 0.29) is 0 Å². The molecule has 0 saturated carbocycles. The minimum atomic E-state index is 0.674. The van der Waals surface area contributed by atoms with E-state index < -0.39 is 0 Å². The van der Waals surface area contributed by atoms with E-state index in [4.69, 9.17) is 0 Å². The summed E-state index contributed by atoms with van der Waals surface area (Å²) in [4.78, 5) is 2.52. The molecule has 0 radical (unpaired) electrons. The van der Waals surface area contributed by atoms with Gasteiger partial charge in [0.05, 0.1) is 0 Å². The van der Waals surface area contributed by atoms with Gasteiger partial charge in [0.2, 0.25) is 0 Å². The van der Waals surface area contributed by atoms with Crippen molar-refractivity contribution in [1.29, 1.82) is 0 Å². The molecule has 0 aromatic carbocycles. The maximum atomic E-state index is 3.58. The van der Waals surface area contributed by atoms with Crippen LogP contribution in [-0.4, -0.2) is 37.1 Å². The fourth-order valence-corrected chi connectivity index (χ4v) is 1.90. The zero-order valence-corrected chi connectivity index (χ0v) is 11.3. The van der Waals surface area contributed by atoms with Gasteiger partial charge in [0.1, 0.15) is 0 Å². The third-order valence-electron chi connectivity index (χ3n) is 2.71. The highest BCUT2D eigenvalue weighted by Gasteiger charge is 2.05. The quantitative estimate of drug-likeness (QED) is 0.635. The number of likely N-dealkylation sites (N-methyl/N-ethyl adjacent to an activating group) is 1. The Hall–Kier alpha value is -0.0800. The lowest BCUT2D eigenvalue weighted by molar-refractivity contribution is 0.252.